The van der Waals surface area contributed by atoms with Crippen LogP contribution in [0.5, 0.6) is 0 Å². The molecule has 0 saturated heterocycles. The Balaban J connectivity index is 1.91. The van der Waals surface area contributed by atoms with Crippen molar-refractivity contribution < 1.29 is 9.52 Å². The summed E-state index contributed by atoms with van der Waals surface area (Å²) in [6.45, 7) is 0. The van der Waals surface area contributed by atoms with E-state index in [1.807, 2.05) is 30.3 Å². The molecule has 4 rings (SSSR count). The summed E-state index contributed by atoms with van der Waals surface area (Å²) in [6.07, 6.45) is 0.839. The highest BCUT2D eigenvalue weighted by Crippen LogP contribution is 2.30. The number of hydrogen-bond acceptors (Lipinski definition) is 2. The first-order valence-corrected chi connectivity index (χ1v) is 6.55. The molecular formula is C17H13NO2. The quantitative estimate of drug-likeness (QED) is 0.574. The van der Waals surface area contributed by atoms with Gasteiger partial charge in [0.2, 0.25) is 0 Å². The van der Waals surface area contributed by atoms with Crippen molar-refractivity contribution in [1.82, 2.24) is 4.98 Å². The van der Waals surface area contributed by atoms with Gasteiger partial charge in [-0.1, -0.05) is 24.3 Å². The molecule has 0 radical (unpaired) electrons. The summed E-state index contributed by atoms with van der Waals surface area (Å²) in [5.41, 5.74) is 3.01. The molecule has 0 saturated carbocycles. The molecule has 1 unspecified atom stereocenters. The molecule has 0 bridgehead atoms. The van der Waals surface area contributed by atoms with Gasteiger partial charge in [0.05, 0.1) is 6.26 Å². The molecule has 1 atom stereocenters. The molecular weight excluding hydrogens is 250 g/mol. The highest BCUT2D eigenvalue weighted by atomic mass is 16.4. The van der Waals surface area contributed by atoms with Crippen molar-refractivity contribution in [2.24, 2.45) is 0 Å². The van der Waals surface area contributed by atoms with Gasteiger partial charge in [0, 0.05) is 21.8 Å². The molecule has 0 aliphatic carbocycles. The molecule has 0 spiro atoms. The second-order valence-corrected chi connectivity index (χ2v) is 4.89. The molecule has 2 aromatic carbocycles. The predicted molar refractivity (Wildman–Crippen MR) is 78.6 cm³/mol. The maximum Gasteiger partial charge on any atom is 0.137 e. The van der Waals surface area contributed by atoms with Gasteiger partial charge in [-0.2, -0.15) is 0 Å². The van der Waals surface area contributed by atoms with E-state index in [0.717, 1.165) is 27.4 Å². The first kappa shape index (κ1) is 11.3. The lowest BCUT2D eigenvalue weighted by Gasteiger charge is -2.08. The molecule has 0 amide bonds. The second-order valence-electron chi connectivity index (χ2n) is 4.89. The Labute approximate surface area is 115 Å². The number of benzene rings is 2. The topological polar surface area (TPSA) is 49.2 Å². The lowest BCUT2D eigenvalue weighted by atomic mass is 10.0. The fourth-order valence-corrected chi connectivity index (χ4v) is 2.65. The molecule has 98 valence electrons. The molecule has 0 aliphatic heterocycles. The minimum Gasteiger partial charge on any atom is -0.466 e. The third kappa shape index (κ3) is 1.64. The molecule has 4 aromatic rings. The smallest absolute Gasteiger partial charge is 0.137 e. The van der Waals surface area contributed by atoms with E-state index in [9.17, 15) is 5.11 Å². The third-order valence-corrected chi connectivity index (χ3v) is 3.66. The monoisotopic (exact) mass is 263 g/mol. The zero-order valence-electron chi connectivity index (χ0n) is 10.7. The number of fused-ring (bicyclic) bond motifs is 3. The van der Waals surface area contributed by atoms with Gasteiger partial charge in [-0.3, -0.25) is 0 Å². The van der Waals surface area contributed by atoms with Crippen molar-refractivity contribution in [2.75, 3.05) is 0 Å². The molecule has 2 N–H and O–H groups in total. The van der Waals surface area contributed by atoms with Crippen molar-refractivity contribution in [1.29, 1.82) is 0 Å². The number of nitrogens with one attached hydrogen (secondary N) is 1. The molecule has 0 fully saturated rings. The summed E-state index contributed by atoms with van der Waals surface area (Å²) in [6, 6.07) is 17.7. The van der Waals surface area contributed by atoms with E-state index in [4.69, 9.17) is 4.42 Å². The van der Waals surface area contributed by atoms with Gasteiger partial charge in [0.25, 0.3) is 0 Å². The highest BCUT2D eigenvalue weighted by Gasteiger charge is 2.14. The Morgan fingerprint density at radius 2 is 1.75 bits per heavy atom. The number of para-hydroxylation sites is 1. The zero-order valence-corrected chi connectivity index (χ0v) is 10.7. The van der Waals surface area contributed by atoms with Gasteiger partial charge >= 0.3 is 0 Å². The first-order valence-electron chi connectivity index (χ1n) is 6.55. The van der Waals surface area contributed by atoms with Crippen molar-refractivity contribution in [3.63, 3.8) is 0 Å². The van der Waals surface area contributed by atoms with Crippen LogP contribution in [0.2, 0.25) is 0 Å². The number of furan rings is 1. The van der Waals surface area contributed by atoms with Crippen molar-refractivity contribution in [3.8, 4) is 0 Å². The van der Waals surface area contributed by atoms with E-state index in [2.05, 4.69) is 17.1 Å². The highest BCUT2D eigenvalue weighted by molar-refractivity contribution is 6.07. The second kappa shape index (κ2) is 4.25. The summed E-state index contributed by atoms with van der Waals surface area (Å²) >= 11 is 0. The Bertz CT molecular complexity index is 874. The summed E-state index contributed by atoms with van der Waals surface area (Å²) in [5.74, 6) is 0.559. The number of aromatic nitrogens is 1. The van der Waals surface area contributed by atoms with E-state index in [1.54, 1.807) is 18.4 Å². The van der Waals surface area contributed by atoms with E-state index in [-0.39, 0.29) is 0 Å². The van der Waals surface area contributed by atoms with E-state index < -0.39 is 6.10 Å². The van der Waals surface area contributed by atoms with Crippen LogP contribution in [0.3, 0.4) is 0 Å². The van der Waals surface area contributed by atoms with Crippen molar-refractivity contribution in [2.45, 2.75) is 6.10 Å². The van der Waals surface area contributed by atoms with E-state index in [0.29, 0.717) is 5.76 Å². The molecule has 20 heavy (non-hydrogen) atoms. The van der Waals surface area contributed by atoms with Gasteiger partial charge in [-0.15, -0.1) is 0 Å². The normalized spacial score (nSPS) is 13.1. The van der Waals surface area contributed by atoms with Gasteiger partial charge in [0.15, 0.2) is 0 Å². The average Bonchev–Trinajstić information content (AvgIpc) is 3.13. The fraction of sp³-hybridized carbons (Fsp3) is 0.0588. The summed E-state index contributed by atoms with van der Waals surface area (Å²) in [7, 11) is 0. The van der Waals surface area contributed by atoms with Crippen LogP contribution in [0.1, 0.15) is 17.4 Å². The Kier molecular flexibility index (Phi) is 2.41. The van der Waals surface area contributed by atoms with Crippen molar-refractivity contribution in [3.05, 3.63) is 72.2 Å². The molecule has 0 aliphatic rings. The van der Waals surface area contributed by atoms with E-state index in [1.165, 1.54) is 0 Å². The number of rotatable bonds is 2. The van der Waals surface area contributed by atoms with Crippen LogP contribution >= 0.6 is 0 Å². The number of H-pyrrole nitrogens is 1. The van der Waals surface area contributed by atoms with E-state index >= 15 is 0 Å². The van der Waals surface area contributed by atoms with Gasteiger partial charge < -0.3 is 14.5 Å². The Morgan fingerprint density at radius 1 is 0.900 bits per heavy atom. The lowest BCUT2D eigenvalue weighted by Crippen LogP contribution is -1.97. The number of aromatic amines is 1. The molecule has 3 nitrogen and oxygen atoms in total. The number of hydrogen-bond donors (Lipinski definition) is 2. The SMILES string of the molecule is OC(c1ccc2[nH]c3ccccc3c2c1)c1ccco1. The standard InChI is InChI=1S/C17H13NO2/c19-17(16-6-3-9-20-16)11-7-8-15-13(10-11)12-4-1-2-5-14(12)18-15/h1-10,17-19H. The van der Waals surface area contributed by atoms with Crippen LogP contribution in [-0.2, 0) is 0 Å². The zero-order chi connectivity index (χ0) is 13.5. The van der Waals surface area contributed by atoms with Crippen LogP contribution in [0.25, 0.3) is 21.8 Å². The van der Waals surface area contributed by atoms with Gasteiger partial charge in [-0.05, 0) is 35.9 Å². The maximum absolute atomic E-state index is 10.3. The Hall–Kier alpha value is -2.52. The van der Waals surface area contributed by atoms with Crippen molar-refractivity contribution >= 4 is 21.8 Å². The van der Waals surface area contributed by atoms with Crippen LogP contribution in [0.15, 0.2) is 65.3 Å². The molecule has 3 heteroatoms. The van der Waals surface area contributed by atoms with Crippen LogP contribution in [0, 0.1) is 0 Å². The van der Waals surface area contributed by atoms with Crippen LogP contribution < -0.4 is 0 Å². The summed E-state index contributed by atoms with van der Waals surface area (Å²) in [5, 5.41) is 12.6. The van der Waals surface area contributed by atoms with Gasteiger partial charge in [-0.25, -0.2) is 0 Å². The third-order valence-electron chi connectivity index (χ3n) is 3.66. The summed E-state index contributed by atoms with van der Waals surface area (Å²) < 4.78 is 5.27. The van der Waals surface area contributed by atoms with Crippen LogP contribution in [0.4, 0.5) is 0 Å². The fourth-order valence-electron chi connectivity index (χ4n) is 2.65. The first-order chi connectivity index (χ1) is 9.83. The number of aliphatic hydroxyl groups is 1. The summed E-state index contributed by atoms with van der Waals surface area (Å²) in [4.78, 5) is 3.37. The minimum atomic E-state index is -0.733. The van der Waals surface area contributed by atoms with Crippen LogP contribution in [-0.4, -0.2) is 10.1 Å². The molecule has 2 heterocycles. The molecule has 2 aromatic heterocycles. The Morgan fingerprint density at radius 3 is 2.60 bits per heavy atom. The maximum atomic E-state index is 10.3. The van der Waals surface area contributed by atoms with Gasteiger partial charge in [0.1, 0.15) is 11.9 Å². The predicted octanol–water partition coefficient (Wildman–Crippen LogP) is 4.00. The number of aliphatic hydroxyl groups excluding tert-OH is 1. The lowest BCUT2D eigenvalue weighted by molar-refractivity contribution is 0.189. The average molecular weight is 263 g/mol. The largest absolute Gasteiger partial charge is 0.466 e. The minimum absolute atomic E-state index is 0.559.